The van der Waals surface area contributed by atoms with Gasteiger partial charge in [0.1, 0.15) is 48.8 Å². The number of aliphatic hydroxyl groups excluding tert-OH is 8. The third kappa shape index (κ3) is 46.4. The Bertz CT molecular complexity index is 1840. The molecular formula is C79H143NO13. The molecule has 0 aromatic heterocycles. The number of allylic oxidation sites excluding steroid dienone is 11. The van der Waals surface area contributed by atoms with Gasteiger partial charge in [-0.2, -0.15) is 0 Å². The van der Waals surface area contributed by atoms with Gasteiger partial charge in [-0.3, -0.25) is 4.79 Å². The van der Waals surface area contributed by atoms with Crippen molar-refractivity contribution in [2.24, 2.45) is 0 Å². The maximum atomic E-state index is 13.4. The van der Waals surface area contributed by atoms with E-state index in [9.17, 15) is 45.6 Å². The molecule has 9 N–H and O–H groups in total. The Balaban J connectivity index is 1.65. The van der Waals surface area contributed by atoms with E-state index in [2.05, 4.69) is 79.9 Å². The molecule has 0 saturated carbocycles. The van der Waals surface area contributed by atoms with Crippen LogP contribution in [0.15, 0.2) is 72.9 Å². The number of unbranched alkanes of at least 4 members (excludes halogenated alkanes) is 41. The van der Waals surface area contributed by atoms with Gasteiger partial charge in [0, 0.05) is 6.42 Å². The summed E-state index contributed by atoms with van der Waals surface area (Å²) in [5, 5.41) is 87.6. The molecule has 1 amide bonds. The van der Waals surface area contributed by atoms with Crippen molar-refractivity contribution in [3.63, 3.8) is 0 Å². The Morgan fingerprint density at radius 3 is 1.13 bits per heavy atom. The Morgan fingerprint density at radius 2 is 0.720 bits per heavy atom. The summed E-state index contributed by atoms with van der Waals surface area (Å²) in [4.78, 5) is 13.4. The fraction of sp³-hybridized carbons (Fsp3) is 0.835. The second-order valence-corrected chi connectivity index (χ2v) is 27.1. The number of carbonyl (C=O) groups is 1. The Hall–Kier alpha value is -2.57. The Labute approximate surface area is 568 Å². The van der Waals surface area contributed by atoms with E-state index in [4.69, 9.17) is 18.9 Å². The lowest BCUT2D eigenvalue weighted by atomic mass is 9.97. The van der Waals surface area contributed by atoms with E-state index >= 15 is 0 Å². The fourth-order valence-corrected chi connectivity index (χ4v) is 12.5. The number of aliphatic hydroxyl groups is 8. The molecule has 12 unspecified atom stereocenters. The van der Waals surface area contributed by atoms with Crippen molar-refractivity contribution in [1.29, 1.82) is 0 Å². The molecule has 12 atom stereocenters. The molecule has 0 aromatic carbocycles. The lowest BCUT2D eigenvalue weighted by Gasteiger charge is -2.46. The number of ether oxygens (including phenoxy) is 4. The van der Waals surface area contributed by atoms with E-state index in [0.29, 0.717) is 12.8 Å². The third-order valence-electron chi connectivity index (χ3n) is 18.6. The van der Waals surface area contributed by atoms with E-state index in [1.165, 1.54) is 238 Å². The maximum Gasteiger partial charge on any atom is 0.220 e. The molecule has 542 valence electrons. The normalized spacial score (nSPS) is 22.9. The lowest BCUT2D eigenvalue weighted by Crippen LogP contribution is -2.65. The predicted octanol–water partition coefficient (Wildman–Crippen LogP) is 17.0. The number of carbonyl (C=O) groups excluding carboxylic acids is 1. The molecule has 14 heteroatoms. The van der Waals surface area contributed by atoms with Crippen molar-refractivity contribution >= 4 is 5.91 Å². The smallest absolute Gasteiger partial charge is 0.220 e. The summed E-state index contributed by atoms with van der Waals surface area (Å²) in [5.41, 5.74) is 0. The van der Waals surface area contributed by atoms with Crippen molar-refractivity contribution in [3.8, 4) is 0 Å². The van der Waals surface area contributed by atoms with Crippen molar-refractivity contribution in [2.45, 2.75) is 402 Å². The van der Waals surface area contributed by atoms with Crippen LogP contribution in [0.5, 0.6) is 0 Å². The summed E-state index contributed by atoms with van der Waals surface area (Å²) < 4.78 is 22.9. The monoisotopic (exact) mass is 1310 g/mol. The molecule has 0 aromatic rings. The average Bonchev–Trinajstić information content (AvgIpc) is 0.852. The molecule has 0 aliphatic carbocycles. The van der Waals surface area contributed by atoms with E-state index in [-0.39, 0.29) is 18.9 Å². The van der Waals surface area contributed by atoms with Gasteiger partial charge in [0.15, 0.2) is 12.6 Å². The van der Waals surface area contributed by atoms with Crippen LogP contribution < -0.4 is 5.32 Å². The van der Waals surface area contributed by atoms with Crippen LogP contribution in [0, 0.1) is 0 Å². The third-order valence-corrected chi connectivity index (χ3v) is 18.6. The molecule has 2 heterocycles. The predicted molar refractivity (Wildman–Crippen MR) is 383 cm³/mol. The van der Waals surface area contributed by atoms with Crippen molar-refractivity contribution < 1.29 is 64.6 Å². The largest absolute Gasteiger partial charge is 0.394 e. The summed E-state index contributed by atoms with van der Waals surface area (Å²) >= 11 is 0. The quantitative estimate of drug-likeness (QED) is 0.0204. The first-order valence-corrected chi connectivity index (χ1v) is 38.7. The van der Waals surface area contributed by atoms with Gasteiger partial charge in [0.25, 0.3) is 0 Å². The first-order chi connectivity index (χ1) is 45.6. The van der Waals surface area contributed by atoms with Crippen molar-refractivity contribution in [2.75, 3.05) is 19.8 Å². The Morgan fingerprint density at radius 1 is 0.387 bits per heavy atom. The average molecular weight is 1320 g/mol. The van der Waals surface area contributed by atoms with Crippen LogP contribution in [0.4, 0.5) is 0 Å². The fourth-order valence-electron chi connectivity index (χ4n) is 12.5. The van der Waals surface area contributed by atoms with Crippen LogP contribution >= 0.6 is 0 Å². The molecule has 93 heavy (non-hydrogen) atoms. The van der Waals surface area contributed by atoms with Crippen molar-refractivity contribution in [3.05, 3.63) is 72.9 Å². The summed E-state index contributed by atoms with van der Waals surface area (Å²) in [6.45, 7) is 2.80. The highest BCUT2D eigenvalue weighted by Crippen LogP contribution is 2.30. The maximum absolute atomic E-state index is 13.4. The van der Waals surface area contributed by atoms with Gasteiger partial charge in [-0.1, -0.05) is 311 Å². The zero-order valence-corrected chi connectivity index (χ0v) is 59.2. The van der Waals surface area contributed by atoms with Gasteiger partial charge in [0.05, 0.1) is 32.0 Å². The van der Waals surface area contributed by atoms with Crippen LogP contribution in [0.3, 0.4) is 0 Å². The first kappa shape index (κ1) is 86.5. The second-order valence-electron chi connectivity index (χ2n) is 27.1. The van der Waals surface area contributed by atoms with Gasteiger partial charge in [-0.05, 0) is 83.5 Å². The first-order valence-electron chi connectivity index (χ1n) is 38.7. The van der Waals surface area contributed by atoms with Crippen LogP contribution in [0.2, 0.25) is 0 Å². The summed E-state index contributed by atoms with van der Waals surface area (Å²) in [6.07, 6.45) is 69.8. The lowest BCUT2D eigenvalue weighted by molar-refractivity contribution is -0.359. The Kier molecular flexibility index (Phi) is 58.5. The zero-order valence-electron chi connectivity index (χ0n) is 59.2. The summed E-state index contributed by atoms with van der Waals surface area (Å²) in [6, 6.07) is -0.942. The summed E-state index contributed by atoms with van der Waals surface area (Å²) in [5.74, 6) is -0.250. The minimum Gasteiger partial charge on any atom is -0.394 e. The highest BCUT2D eigenvalue weighted by Gasteiger charge is 2.51. The van der Waals surface area contributed by atoms with Crippen molar-refractivity contribution in [1.82, 2.24) is 5.32 Å². The van der Waals surface area contributed by atoms with E-state index in [1.54, 1.807) is 6.08 Å². The summed E-state index contributed by atoms with van der Waals surface area (Å²) in [7, 11) is 0. The molecule has 0 spiro atoms. The number of hydrogen-bond acceptors (Lipinski definition) is 13. The molecule has 2 fully saturated rings. The molecule has 2 aliphatic heterocycles. The molecule has 2 rings (SSSR count). The van der Waals surface area contributed by atoms with Crippen LogP contribution in [0.1, 0.15) is 328 Å². The molecule has 2 aliphatic rings. The van der Waals surface area contributed by atoms with Gasteiger partial charge in [0.2, 0.25) is 5.91 Å². The van der Waals surface area contributed by atoms with Crippen LogP contribution in [-0.2, 0) is 23.7 Å². The topological polar surface area (TPSA) is 228 Å². The zero-order chi connectivity index (χ0) is 67.3. The molecule has 0 radical (unpaired) electrons. The molecule has 2 saturated heterocycles. The van der Waals surface area contributed by atoms with Gasteiger partial charge >= 0.3 is 0 Å². The van der Waals surface area contributed by atoms with Crippen LogP contribution in [-0.4, -0.2) is 140 Å². The van der Waals surface area contributed by atoms with Crippen LogP contribution in [0.25, 0.3) is 0 Å². The molecular weight excluding hydrogens is 1170 g/mol. The second kappa shape index (κ2) is 62.9. The number of nitrogens with one attached hydrogen (secondary N) is 1. The molecule has 0 bridgehead atoms. The highest BCUT2D eigenvalue weighted by molar-refractivity contribution is 5.76. The van der Waals surface area contributed by atoms with Gasteiger partial charge < -0.3 is 65.1 Å². The van der Waals surface area contributed by atoms with Gasteiger partial charge in [-0.25, -0.2) is 0 Å². The van der Waals surface area contributed by atoms with E-state index in [0.717, 1.165) is 57.8 Å². The minimum absolute atomic E-state index is 0.250. The highest BCUT2D eigenvalue weighted by atomic mass is 16.7. The number of rotatable bonds is 64. The van der Waals surface area contributed by atoms with Gasteiger partial charge in [-0.15, -0.1) is 0 Å². The minimum atomic E-state index is -1.80. The standard InChI is InChI=1S/C79H143NO13/c1-3-5-7-9-11-13-15-17-19-21-23-25-27-29-31-32-33-34-35-36-37-39-41-43-45-47-49-51-53-55-57-59-61-63-71(84)80-67(66-90-78-76(89)74(87)77(70(65-82)92-78)93-79-75(88)73(86)72(85)69(64-81)91-79)68(83)62-60-58-56-54-52-50-48-46-44-42-40-38-30-28-26-24-22-20-18-16-14-12-10-8-6-4-2/h15,17,21,23,27,29,44,46,52,54,60,62,67-70,72-79,81-83,85-89H,3-14,16,18-20,22,24-26,28,30-43,45,47-51,53,55-59,61,63-66H2,1-2H3,(H,80,84)/b17-15-,23-21-,29-27-,46-44+,54-52+,62-60+. The number of amides is 1. The van der Waals surface area contributed by atoms with E-state index < -0.39 is 86.8 Å². The molecule has 14 nitrogen and oxygen atoms in total. The number of hydrogen-bond donors (Lipinski definition) is 9. The van der Waals surface area contributed by atoms with E-state index in [1.807, 2.05) is 6.08 Å². The SMILES string of the molecule is CCCCCCC/C=C\C/C=C\C/C=C\CCCCCCCCCCCCCCCCCCCCC(=O)NC(COC1OC(CO)C(OC2OC(CO)C(O)C(O)C2O)C(O)C1O)C(O)/C=C/CC/C=C/CC/C=C/CCCCCCCCCCCCCCCCCC.